The average molecular weight is 178 g/mol. The quantitative estimate of drug-likeness (QED) is 0.202. The zero-order valence-corrected chi connectivity index (χ0v) is 7.42. The molecule has 64 valence electrons. The van der Waals surface area contributed by atoms with Gasteiger partial charge in [-0.3, -0.25) is 4.18 Å². The van der Waals surface area contributed by atoms with Crippen molar-refractivity contribution in [1.29, 1.82) is 0 Å². The Morgan fingerprint density at radius 3 is 2.18 bits per heavy atom. The molecule has 11 heavy (non-hydrogen) atoms. The summed E-state index contributed by atoms with van der Waals surface area (Å²) in [7, 11) is -3.83. The summed E-state index contributed by atoms with van der Waals surface area (Å²) in [6.45, 7) is 4.74. The van der Waals surface area contributed by atoms with E-state index in [4.69, 9.17) is 5.53 Å². The molecule has 0 saturated heterocycles. The van der Waals surface area contributed by atoms with Gasteiger partial charge in [0, 0.05) is 0 Å². The van der Waals surface area contributed by atoms with E-state index in [0.29, 0.717) is 5.55 Å². The van der Waals surface area contributed by atoms with Gasteiger partial charge in [-0.15, -0.1) is 0 Å². The summed E-state index contributed by atoms with van der Waals surface area (Å²) in [5.41, 5.74) is 7.45. The smallest absolute Gasteiger partial charge is 0.361 e. The van der Waals surface area contributed by atoms with Gasteiger partial charge >= 0.3 is 15.7 Å². The summed E-state index contributed by atoms with van der Waals surface area (Å²) < 4.78 is 26.0. The lowest BCUT2D eigenvalue weighted by atomic mass is 10.2. The van der Waals surface area contributed by atoms with Crippen LogP contribution in [0.25, 0.3) is 5.53 Å². The van der Waals surface area contributed by atoms with Gasteiger partial charge in [-0.1, -0.05) is 0 Å². The number of nitrogens with zero attached hydrogens (tertiary/aromatic N) is 2. The van der Waals surface area contributed by atoms with Gasteiger partial charge in [-0.05, 0) is 20.8 Å². The Morgan fingerprint density at radius 1 is 1.45 bits per heavy atom. The number of rotatable bonds is 2. The van der Waals surface area contributed by atoms with E-state index in [2.05, 4.69) is 8.97 Å². The molecule has 0 heterocycles. The monoisotopic (exact) mass is 178 g/mol. The standard InChI is InChI=1S/C5H10N2O3S/c1-5(2,3)10-11(8,9)4-7-6/h4H,1-3H3. The molecule has 0 aliphatic carbocycles. The molecule has 0 bridgehead atoms. The maximum Gasteiger partial charge on any atom is 0.396 e. The third-order valence-corrected chi connectivity index (χ3v) is 1.63. The number of hydrogen-bond donors (Lipinski definition) is 0. The van der Waals surface area contributed by atoms with Crippen molar-refractivity contribution in [3.63, 3.8) is 0 Å². The molecule has 0 aliphatic heterocycles. The fraction of sp³-hybridized carbons (Fsp3) is 0.800. The molecule has 0 unspecified atom stereocenters. The minimum atomic E-state index is -3.83. The first kappa shape index (κ1) is 10.3. The van der Waals surface area contributed by atoms with Gasteiger partial charge in [-0.25, -0.2) is 0 Å². The van der Waals surface area contributed by atoms with Gasteiger partial charge < -0.3 is 5.53 Å². The van der Waals surface area contributed by atoms with Crippen molar-refractivity contribution in [3.05, 3.63) is 5.53 Å². The second kappa shape index (κ2) is 3.13. The van der Waals surface area contributed by atoms with Gasteiger partial charge in [0.25, 0.3) is 0 Å². The highest BCUT2D eigenvalue weighted by atomic mass is 32.2. The molecule has 0 saturated carbocycles. The maximum atomic E-state index is 10.7. The van der Waals surface area contributed by atoms with Crippen LogP contribution in [0.5, 0.6) is 0 Å². The molecule has 0 aliphatic rings. The van der Waals surface area contributed by atoms with Gasteiger partial charge in [0.15, 0.2) is 0 Å². The molecule has 0 aromatic heterocycles. The molecule has 0 spiro atoms. The summed E-state index contributed by atoms with van der Waals surface area (Å²) >= 11 is 0. The van der Waals surface area contributed by atoms with Gasteiger partial charge in [0.2, 0.25) is 0 Å². The zero-order valence-electron chi connectivity index (χ0n) is 6.60. The third-order valence-electron chi connectivity index (χ3n) is 0.542. The molecule has 0 rings (SSSR count). The molecule has 0 amide bonds. The van der Waals surface area contributed by atoms with Crippen LogP contribution >= 0.6 is 0 Å². The molecule has 0 N–H and O–H groups in total. The summed E-state index contributed by atoms with van der Waals surface area (Å²) in [4.78, 5) is 2.35. The van der Waals surface area contributed by atoms with Crippen LogP contribution in [0.1, 0.15) is 20.8 Å². The van der Waals surface area contributed by atoms with Crippen molar-refractivity contribution in [2.75, 3.05) is 0 Å². The SMILES string of the molecule is CC(C)(C)OS(=O)(=O)C=[N+]=[N-]. The maximum absolute atomic E-state index is 10.7. The largest absolute Gasteiger partial charge is 0.396 e. The molecule has 6 heteroatoms. The van der Waals surface area contributed by atoms with E-state index >= 15 is 0 Å². The third kappa shape index (κ3) is 5.72. The van der Waals surface area contributed by atoms with E-state index in [1.165, 1.54) is 0 Å². The Morgan fingerprint density at radius 2 is 1.91 bits per heavy atom. The van der Waals surface area contributed by atoms with E-state index in [0.717, 1.165) is 0 Å². The van der Waals surface area contributed by atoms with E-state index in [9.17, 15) is 8.42 Å². The van der Waals surface area contributed by atoms with E-state index in [1.807, 2.05) is 0 Å². The van der Waals surface area contributed by atoms with Crippen molar-refractivity contribution in [2.45, 2.75) is 26.4 Å². The molecule has 0 aromatic rings. The first-order valence-electron chi connectivity index (χ1n) is 2.90. The van der Waals surface area contributed by atoms with Crippen LogP contribution in [-0.4, -0.2) is 24.4 Å². The fourth-order valence-corrected chi connectivity index (χ4v) is 1.28. The highest BCUT2D eigenvalue weighted by Gasteiger charge is 2.22. The van der Waals surface area contributed by atoms with E-state index in [1.54, 1.807) is 20.8 Å². The van der Waals surface area contributed by atoms with Crippen molar-refractivity contribution >= 4 is 15.7 Å². The minimum Gasteiger partial charge on any atom is -0.361 e. The molecule has 0 atom stereocenters. The Balaban J connectivity index is 4.52. The fourth-order valence-electron chi connectivity index (χ4n) is 0.428. The van der Waals surface area contributed by atoms with E-state index < -0.39 is 15.7 Å². The first-order valence-corrected chi connectivity index (χ1v) is 4.37. The van der Waals surface area contributed by atoms with Crippen molar-refractivity contribution in [3.8, 4) is 0 Å². The average Bonchev–Trinajstić information content (AvgIpc) is 1.55. The van der Waals surface area contributed by atoms with Crippen LogP contribution in [0.2, 0.25) is 0 Å². The lowest BCUT2D eigenvalue weighted by Gasteiger charge is -2.14. The summed E-state index contributed by atoms with van der Waals surface area (Å²) in [5, 5.41) is 0. The minimum absolute atomic E-state index is 0.345. The molecular formula is C5H10N2O3S. The Bertz CT molecular complexity index is 269. The molecule has 0 fully saturated rings. The van der Waals surface area contributed by atoms with Crippen LogP contribution in [0, 0.1) is 0 Å². The first-order chi connectivity index (χ1) is 4.77. The van der Waals surface area contributed by atoms with Crippen molar-refractivity contribution in [1.82, 2.24) is 0 Å². The predicted molar refractivity (Wildman–Crippen MR) is 39.4 cm³/mol. The normalized spacial score (nSPS) is 12.3. The topological polar surface area (TPSA) is 79.8 Å². The van der Waals surface area contributed by atoms with Crippen molar-refractivity contribution < 1.29 is 17.4 Å². The Labute approximate surface area is 65.7 Å². The summed E-state index contributed by atoms with van der Waals surface area (Å²) in [6.07, 6.45) is 0. The molecule has 0 aromatic carbocycles. The van der Waals surface area contributed by atoms with Crippen LogP contribution in [0.4, 0.5) is 0 Å². The van der Waals surface area contributed by atoms with Gasteiger partial charge in [0.1, 0.15) is 0 Å². The van der Waals surface area contributed by atoms with Crippen LogP contribution in [0.15, 0.2) is 0 Å². The molecule has 5 nitrogen and oxygen atoms in total. The highest BCUT2D eigenvalue weighted by molar-refractivity contribution is 8.00. The summed E-state index contributed by atoms with van der Waals surface area (Å²) in [6, 6.07) is 0. The highest BCUT2D eigenvalue weighted by Crippen LogP contribution is 2.09. The van der Waals surface area contributed by atoms with Crippen LogP contribution in [0.3, 0.4) is 0 Å². The van der Waals surface area contributed by atoms with Gasteiger partial charge in [-0.2, -0.15) is 13.2 Å². The second-order valence-corrected chi connectivity index (χ2v) is 4.27. The van der Waals surface area contributed by atoms with Crippen molar-refractivity contribution in [2.24, 2.45) is 0 Å². The lowest BCUT2D eigenvalue weighted by molar-refractivity contribution is 0.00555. The Hall–Kier alpha value is -0.710. The molecule has 0 radical (unpaired) electrons. The zero-order chi connectivity index (χ0) is 9.12. The van der Waals surface area contributed by atoms with E-state index in [-0.39, 0.29) is 0 Å². The van der Waals surface area contributed by atoms with Crippen LogP contribution < -0.4 is 0 Å². The molecular weight excluding hydrogens is 168 g/mol. The van der Waals surface area contributed by atoms with Gasteiger partial charge in [0.05, 0.1) is 5.60 Å². The predicted octanol–water partition coefficient (Wildman–Crippen LogP) is 0.389. The lowest BCUT2D eigenvalue weighted by Crippen LogP contribution is -2.24. The Kier molecular flexibility index (Phi) is 2.92. The summed E-state index contributed by atoms with van der Waals surface area (Å²) in [5.74, 6) is 0. The second-order valence-electron chi connectivity index (χ2n) is 2.91. The number of hydrogen-bond acceptors (Lipinski definition) is 3. The van der Waals surface area contributed by atoms with Crippen LogP contribution in [-0.2, 0) is 14.3 Å².